The molecule has 26 heavy (non-hydrogen) atoms. The van der Waals surface area contributed by atoms with Crippen molar-refractivity contribution in [3.05, 3.63) is 76.5 Å². The number of carbonyl (C=O) groups excluding carboxylic acids is 2. The van der Waals surface area contributed by atoms with Crippen molar-refractivity contribution >= 4 is 23.3 Å². The maximum atomic E-state index is 12.5. The number of nitrogens with one attached hydrogen (secondary N) is 2. The van der Waals surface area contributed by atoms with Crippen LogP contribution in [0, 0.1) is 20.8 Å². The molecule has 1 aromatic heterocycles. The first-order valence-electron chi connectivity index (χ1n) is 8.16. The van der Waals surface area contributed by atoms with E-state index in [1.807, 2.05) is 32.0 Å². The largest absolute Gasteiger partial charge is 0.360 e. The molecule has 3 aromatic rings. The summed E-state index contributed by atoms with van der Waals surface area (Å²) in [5, 5.41) is 9.23. The minimum atomic E-state index is -0.362. The van der Waals surface area contributed by atoms with E-state index in [-0.39, 0.29) is 11.8 Å². The third-order valence-electron chi connectivity index (χ3n) is 3.89. The molecule has 0 unspecified atom stereocenters. The summed E-state index contributed by atoms with van der Waals surface area (Å²) in [6.07, 6.45) is 0. The molecule has 0 saturated heterocycles. The van der Waals surface area contributed by atoms with Crippen molar-refractivity contribution in [2.75, 3.05) is 10.6 Å². The van der Waals surface area contributed by atoms with Gasteiger partial charge in [-0.3, -0.25) is 9.59 Å². The van der Waals surface area contributed by atoms with Crippen LogP contribution < -0.4 is 10.6 Å². The first-order chi connectivity index (χ1) is 12.4. The minimum absolute atomic E-state index is 0.274. The molecule has 0 aliphatic carbocycles. The normalized spacial score (nSPS) is 10.4. The Balaban J connectivity index is 1.75. The van der Waals surface area contributed by atoms with Crippen LogP contribution in [0.25, 0.3) is 0 Å². The summed E-state index contributed by atoms with van der Waals surface area (Å²) < 4.78 is 4.92. The second-order valence-corrected chi connectivity index (χ2v) is 6.13. The summed E-state index contributed by atoms with van der Waals surface area (Å²) in [5.74, 6) is 0.294. The zero-order valence-electron chi connectivity index (χ0n) is 14.8. The van der Waals surface area contributed by atoms with Gasteiger partial charge in [-0.2, -0.15) is 0 Å². The highest BCUT2D eigenvalue weighted by Gasteiger charge is 2.13. The van der Waals surface area contributed by atoms with Gasteiger partial charge >= 0.3 is 0 Å². The maximum Gasteiger partial charge on any atom is 0.256 e. The third kappa shape index (κ3) is 3.97. The minimum Gasteiger partial charge on any atom is -0.360 e. The number of nitrogens with zero attached hydrogens (tertiary/aromatic N) is 1. The quantitative estimate of drug-likeness (QED) is 0.742. The molecule has 0 radical (unpaired) electrons. The molecule has 132 valence electrons. The molecule has 0 spiro atoms. The van der Waals surface area contributed by atoms with Gasteiger partial charge in [-0.25, -0.2) is 0 Å². The van der Waals surface area contributed by atoms with Crippen molar-refractivity contribution in [3.8, 4) is 0 Å². The average molecular weight is 349 g/mol. The Labute approximate surface area is 151 Å². The lowest BCUT2D eigenvalue weighted by Gasteiger charge is -2.10. The van der Waals surface area contributed by atoms with Crippen LogP contribution in [0.3, 0.4) is 0 Å². The van der Waals surface area contributed by atoms with Crippen molar-refractivity contribution in [2.45, 2.75) is 20.8 Å². The summed E-state index contributed by atoms with van der Waals surface area (Å²) in [6.45, 7) is 5.67. The van der Waals surface area contributed by atoms with Gasteiger partial charge < -0.3 is 15.2 Å². The molecule has 2 N–H and O–H groups in total. The zero-order valence-corrected chi connectivity index (χ0v) is 14.8. The highest BCUT2D eigenvalue weighted by atomic mass is 16.5. The van der Waals surface area contributed by atoms with E-state index in [0.717, 1.165) is 16.8 Å². The van der Waals surface area contributed by atoms with E-state index in [2.05, 4.69) is 15.8 Å². The van der Waals surface area contributed by atoms with Crippen LogP contribution in [0.2, 0.25) is 0 Å². The second-order valence-electron chi connectivity index (χ2n) is 6.13. The van der Waals surface area contributed by atoms with Crippen molar-refractivity contribution < 1.29 is 14.1 Å². The summed E-state index contributed by atoms with van der Waals surface area (Å²) in [6, 6.07) is 13.9. The fourth-order valence-corrected chi connectivity index (χ4v) is 2.56. The van der Waals surface area contributed by atoms with Gasteiger partial charge in [0.05, 0.1) is 0 Å². The van der Waals surface area contributed by atoms with Gasteiger partial charge in [0.1, 0.15) is 5.76 Å². The fourth-order valence-electron chi connectivity index (χ4n) is 2.56. The topological polar surface area (TPSA) is 84.2 Å². The van der Waals surface area contributed by atoms with Crippen LogP contribution in [0.5, 0.6) is 0 Å². The van der Waals surface area contributed by atoms with E-state index in [9.17, 15) is 9.59 Å². The van der Waals surface area contributed by atoms with Gasteiger partial charge in [-0.15, -0.1) is 0 Å². The van der Waals surface area contributed by atoms with Crippen LogP contribution in [0.1, 0.15) is 37.6 Å². The molecule has 0 aliphatic heterocycles. The lowest BCUT2D eigenvalue weighted by molar-refractivity contribution is 0.102. The molecule has 6 heteroatoms. The number of hydrogen-bond donors (Lipinski definition) is 2. The van der Waals surface area contributed by atoms with Gasteiger partial charge in [0.25, 0.3) is 11.8 Å². The average Bonchev–Trinajstić information content (AvgIpc) is 3.02. The number of carbonyl (C=O) groups is 2. The fraction of sp³-hybridized carbons (Fsp3) is 0.150. The predicted molar refractivity (Wildman–Crippen MR) is 99.5 cm³/mol. The van der Waals surface area contributed by atoms with Crippen molar-refractivity contribution in [1.29, 1.82) is 0 Å². The standard InChI is InChI=1S/C20H19N3O3/c1-12-7-8-17(13(2)9-12)21-19(24)15-5-4-6-16(11-15)20(25)22-18-10-14(3)26-23-18/h4-11H,1-3H3,(H,21,24)(H,22,23,25). The first-order valence-corrected chi connectivity index (χ1v) is 8.16. The number of hydrogen-bond acceptors (Lipinski definition) is 4. The summed E-state index contributed by atoms with van der Waals surface area (Å²) in [7, 11) is 0. The SMILES string of the molecule is Cc1ccc(NC(=O)c2cccc(C(=O)Nc3cc(C)on3)c2)c(C)c1. The van der Waals surface area contributed by atoms with Crippen molar-refractivity contribution in [1.82, 2.24) is 5.16 Å². The maximum absolute atomic E-state index is 12.5. The summed E-state index contributed by atoms with van der Waals surface area (Å²) in [4.78, 5) is 24.8. The molecule has 0 atom stereocenters. The lowest BCUT2D eigenvalue weighted by atomic mass is 10.1. The Morgan fingerprint density at radius 1 is 0.885 bits per heavy atom. The molecular formula is C20H19N3O3. The van der Waals surface area contributed by atoms with Crippen LogP contribution in [-0.4, -0.2) is 17.0 Å². The van der Waals surface area contributed by atoms with E-state index in [1.54, 1.807) is 37.3 Å². The lowest BCUT2D eigenvalue weighted by Crippen LogP contribution is -2.16. The zero-order chi connectivity index (χ0) is 18.7. The van der Waals surface area contributed by atoms with Gasteiger partial charge in [0.2, 0.25) is 0 Å². The molecule has 0 bridgehead atoms. The smallest absolute Gasteiger partial charge is 0.256 e. The Morgan fingerprint density at radius 2 is 1.58 bits per heavy atom. The molecule has 0 fully saturated rings. The van der Waals surface area contributed by atoms with E-state index >= 15 is 0 Å². The molecule has 6 nitrogen and oxygen atoms in total. The van der Waals surface area contributed by atoms with E-state index < -0.39 is 0 Å². The van der Waals surface area contributed by atoms with Crippen LogP contribution >= 0.6 is 0 Å². The molecule has 0 aliphatic rings. The van der Waals surface area contributed by atoms with Crippen molar-refractivity contribution in [3.63, 3.8) is 0 Å². The Bertz CT molecular complexity index is 976. The summed E-state index contributed by atoms with van der Waals surface area (Å²) in [5.41, 5.74) is 3.61. The highest BCUT2D eigenvalue weighted by molar-refractivity contribution is 6.08. The van der Waals surface area contributed by atoms with Crippen molar-refractivity contribution in [2.24, 2.45) is 0 Å². The van der Waals surface area contributed by atoms with E-state index in [1.165, 1.54) is 0 Å². The monoisotopic (exact) mass is 349 g/mol. The number of amides is 2. The number of aryl methyl sites for hydroxylation is 3. The Kier molecular flexibility index (Phi) is 4.84. The number of anilines is 2. The van der Waals surface area contributed by atoms with Gasteiger partial charge in [0, 0.05) is 22.9 Å². The predicted octanol–water partition coefficient (Wildman–Crippen LogP) is 4.10. The van der Waals surface area contributed by atoms with Crippen LogP contribution in [0.4, 0.5) is 11.5 Å². The molecule has 0 saturated carbocycles. The van der Waals surface area contributed by atoms with Gasteiger partial charge in [0.15, 0.2) is 5.82 Å². The molecule has 2 amide bonds. The number of aromatic nitrogens is 1. The summed E-state index contributed by atoms with van der Waals surface area (Å²) >= 11 is 0. The molecule has 1 heterocycles. The number of rotatable bonds is 4. The van der Waals surface area contributed by atoms with Gasteiger partial charge in [-0.05, 0) is 50.6 Å². The van der Waals surface area contributed by atoms with Crippen LogP contribution in [0.15, 0.2) is 53.1 Å². The number of benzene rings is 2. The highest BCUT2D eigenvalue weighted by Crippen LogP contribution is 2.18. The second kappa shape index (κ2) is 7.23. The third-order valence-corrected chi connectivity index (χ3v) is 3.89. The molecule has 2 aromatic carbocycles. The van der Waals surface area contributed by atoms with E-state index in [0.29, 0.717) is 22.7 Å². The molecular weight excluding hydrogens is 330 g/mol. The van der Waals surface area contributed by atoms with Gasteiger partial charge in [-0.1, -0.05) is 28.9 Å². The Hall–Kier alpha value is -3.41. The Morgan fingerprint density at radius 3 is 2.19 bits per heavy atom. The molecule has 3 rings (SSSR count). The first kappa shape index (κ1) is 17.4. The van der Waals surface area contributed by atoms with E-state index in [4.69, 9.17) is 4.52 Å². The van der Waals surface area contributed by atoms with Crippen LogP contribution in [-0.2, 0) is 0 Å².